The first-order chi connectivity index (χ1) is 13.8. The highest BCUT2D eigenvalue weighted by Crippen LogP contribution is 2.33. The first kappa shape index (κ1) is 10.3. The molecular formula is C22H23N2+. The lowest BCUT2D eigenvalue weighted by Gasteiger charge is -2.14. The van der Waals surface area contributed by atoms with Gasteiger partial charge in [-0.05, 0) is 54.0 Å². The summed E-state index contributed by atoms with van der Waals surface area (Å²) in [5, 5.41) is 1.19. The molecule has 0 fully saturated rings. The van der Waals surface area contributed by atoms with Gasteiger partial charge >= 0.3 is 0 Å². The van der Waals surface area contributed by atoms with E-state index in [1.54, 1.807) is 41.9 Å². The van der Waals surface area contributed by atoms with E-state index in [-0.39, 0.29) is 12.2 Å². The predicted octanol–water partition coefficient (Wildman–Crippen LogP) is 5.62. The van der Waals surface area contributed by atoms with Gasteiger partial charge in [0.05, 0.1) is 18.9 Å². The van der Waals surface area contributed by atoms with Crippen LogP contribution in [0.4, 0.5) is 5.69 Å². The minimum atomic E-state index is -2.51. The molecule has 2 aromatic carbocycles. The molecule has 1 heterocycles. The summed E-state index contributed by atoms with van der Waals surface area (Å²) in [6, 6.07) is 8.52. The average molecular weight is 321 g/mol. The maximum absolute atomic E-state index is 8.52. The van der Waals surface area contributed by atoms with Crippen LogP contribution in [0, 0.1) is 20.4 Å². The van der Waals surface area contributed by atoms with Crippen molar-refractivity contribution >= 4 is 16.5 Å². The Balaban J connectivity index is 2.46. The number of nitrogens with zero attached hydrogens (tertiary/aromatic N) is 2. The molecular weight excluding hydrogens is 292 g/mol. The summed E-state index contributed by atoms with van der Waals surface area (Å²) in [4.78, 5) is 3.43. The first-order valence-electron chi connectivity index (χ1n) is 10.7. The van der Waals surface area contributed by atoms with Crippen LogP contribution in [-0.4, -0.2) is 0 Å². The Morgan fingerprint density at radius 3 is 2.79 bits per heavy atom. The monoisotopic (exact) mass is 321 g/mol. The van der Waals surface area contributed by atoms with Crippen molar-refractivity contribution in [2.45, 2.75) is 33.5 Å². The topological polar surface area (TPSA) is 8.24 Å². The van der Waals surface area contributed by atoms with E-state index in [2.05, 4.69) is 4.85 Å². The highest BCUT2D eigenvalue weighted by Gasteiger charge is 2.19. The molecule has 0 aliphatic carbocycles. The van der Waals surface area contributed by atoms with Crippen molar-refractivity contribution in [2.75, 3.05) is 0 Å². The van der Waals surface area contributed by atoms with Crippen LogP contribution in [0.1, 0.15) is 44.6 Å². The van der Waals surface area contributed by atoms with Crippen molar-refractivity contribution in [1.82, 2.24) is 0 Å². The molecule has 24 heavy (non-hydrogen) atoms. The van der Waals surface area contributed by atoms with Gasteiger partial charge in [0.15, 0.2) is 11.9 Å². The predicted molar refractivity (Wildman–Crippen MR) is 100 cm³/mol. The van der Waals surface area contributed by atoms with E-state index in [0.717, 1.165) is 11.1 Å². The molecule has 2 heteroatoms. The summed E-state index contributed by atoms with van der Waals surface area (Å²) in [5.74, 6) is -1.80. The van der Waals surface area contributed by atoms with Gasteiger partial charge in [0.1, 0.15) is 8.42 Å². The minimum Gasteiger partial charge on any atom is -0.238 e. The van der Waals surface area contributed by atoms with Crippen LogP contribution in [0.15, 0.2) is 42.5 Å². The highest BCUT2D eigenvalue weighted by molar-refractivity contribution is 5.95. The molecule has 0 amide bonds. The normalized spacial score (nSPS) is 17.6. The van der Waals surface area contributed by atoms with Crippen molar-refractivity contribution in [2.24, 2.45) is 7.05 Å². The summed E-state index contributed by atoms with van der Waals surface area (Å²) in [5.41, 5.74) is 3.88. The van der Waals surface area contributed by atoms with Crippen molar-refractivity contribution < 1.29 is 12.8 Å². The van der Waals surface area contributed by atoms with Crippen LogP contribution in [-0.2, 0) is 7.05 Å². The van der Waals surface area contributed by atoms with E-state index in [9.17, 15) is 0 Å². The Hall–Kier alpha value is -2.66. The van der Waals surface area contributed by atoms with Gasteiger partial charge in [-0.15, -0.1) is 0 Å². The molecule has 0 saturated carbocycles. The van der Waals surface area contributed by atoms with Crippen LogP contribution < -0.4 is 4.57 Å². The van der Waals surface area contributed by atoms with E-state index in [0.29, 0.717) is 33.3 Å². The Morgan fingerprint density at radius 2 is 2.08 bits per heavy atom. The fraction of sp³-hybridized carbons (Fsp3) is 0.273. The number of aryl methyl sites for hydroxylation is 1. The number of benzene rings is 2. The number of pyridine rings is 1. The van der Waals surface area contributed by atoms with Gasteiger partial charge in [-0.25, -0.2) is 9.41 Å². The van der Waals surface area contributed by atoms with Crippen molar-refractivity contribution in [1.29, 1.82) is 0 Å². The summed E-state index contributed by atoms with van der Waals surface area (Å²) in [6.07, 6.45) is -0.00783. The molecule has 0 radical (unpaired) electrons. The molecule has 0 spiro atoms. The molecule has 0 bridgehead atoms. The first-order valence-corrected chi connectivity index (χ1v) is 7.73. The summed E-state index contributed by atoms with van der Waals surface area (Å²) in [6.45, 7) is 9.93. The number of hydrogen-bond acceptors (Lipinski definition) is 0. The minimum absolute atomic E-state index is 0.00783. The fourth-order valence-electron chi connectivity index (χ4n) is 2.94. The molecule has 120 valence electrons. The van der Waals surface area contributed by atoms with E-state index in [4.69, 9.17) is 14.8 Å². The van der Waals surface area contributed by atoms with E-state index in [1.807, 2.05) is 13.8 Å². The van der Waals surface area contributed by atoms with Crippen LogP contribution in [0.2, 0.25) is 0 Å². The molecule has 0 N–H and O–H groups in total. The third-order valence-corrected chi connectivity index (χ3v) is 4.44. The van der Waals surface area contributed by atoms with Gasteiger partial charge in [-0.2, -0.15) is 0 Å². The van der Waals surface area contributed by atoms with Crippen molar-refractivity contribution in [3.63, 3.8) is 0 Å². The number of aromatic nitrogens is 1. The summed E-state index contributed by atoms with van der Waals surface area (Å²) >= 11 is 0. The van der Waals surface area contributed by atoms with Gasteiger partial charge in [-0.3, -0.25) is 0 Å². The van der Waals surface area contributed by atoms with Crippen molar-refractivity contribution in [3.05, 3.63) is 70.7 Å². The van der Waals surface area contributed by atoms with Crippen LogP contribution in [0.25, 0.3) is 26.9 Å². The zero-order valence-corrected chi connectivity index (χ0v) is 14.3. The largest absolute Gasteiger partial charge is 0.238 e. The zero-order chi connectivity index (χ0) is 22.6. The van der Waals surface area contributed by atoms with Crippen LogP contribution in [0.5, 0.6) is 0 Å². The van der Waals surface area contributed by atoms with E-state index in [1.165, 1.54) is 6.92 Å². The van der Waals surface area contributed by atoms with Crippen LogP contribution in [0.3, 0.4) is 0 Å². The molecule has 2 nitrogen and oxygen atoms in total. The van der Waals surface area contributed by atoms with Gasteiger partial charge in [0.25, 0.3) is 0 Å². The highest BCUT2D eigenvalue weighted by atomic mass is 14.9. The lowest BCUT2D eigenvalue weighted by Crippen LogP contribution is -2.30. The molecule has 1 aromatic heterocycles. The van der Waals surface area contributed by atoms with Gasteiger partial charge in [-0.1, -0.05) is 32.0 Å². The maximum Gasteiger partial charge on any atom is 0.220 e. The number of rotatable bonds is 2. The Bertz CT molecular complexity index is 1220. The second kappa shape index (κ2) is 6.09. The lowest BCUT2D eigenvalue weighted by molar-refractivity contribution is -0.659. The second-order valence-corrected chi connectivity index (χ2v) is 6.08. The third kappa shape index (κ3) is 2.67. The molecule has 0 aliphatic heterocycles. The Morgan fingerprint density at radius 1 is 1.29 bits per heavy atom. The van der Waals surface area contributed by atoms with Gasteiger partial charge in [0, 0.05) is 11.5 Å². The molecule has 1 unspecified atom stereocenters. The Labute approximate surface area is 152 Å². The summed E-state index contributed by atoms with van der Waals surface area (Å²) in [7, 11) is 1.70. The van der Waals surface area contributed by atoms with Gasteiger partial charge < -0.3 is 0 Å². The van der Waals surface area contributed by atoms with Crippen LogP contribution >= 0.6 is 0 Å². The molecule has 0 aliphatic rings. The Kier molecular flexibility index (Phi) is 2.60. The van der Waals surface area contributed by atoms with E-state index < -0.39 is 12.7 Å². The third-order valence-electron chi connectivity index (χ3n) is 4.44. The molecule has 0 saturated heterocycles. The zero-order valence-electron chi connectivity index (χ0n) is 20.3. The standard InChI is InChI=1S/C22H23N2/c1-14(2)18-11-15(3)16(4)21(13-18)22-20-8-7-19(23-5)12-17(20)9-10-24(22)6/h7-14H,1-4,6H3/q+1/i1D3,9D,10D,14D. The number of hydrogen-bond donors (Lipinski definition) is 0. The second-order valence-electron chi connectivity index (χ2n) is 6.08. The molecule has 3 rings (SSSR count). The van der Waals surface area contributed by atoms with E-state index >= 15 is 0 Å². The molecule has 3 aromatic rings. The van der Waals surface area contributed by atoms with Gasteiger partial charge in [0.2, 0.25) is 5.69 Å². The smallest absolute Gasteiger partial charge is 0.220 e. The summed E-state index contributed by atoms with van der Waals surface area (Å²) < 4.78 is 50.3. The number of fused-ring (bicyclic) bond motifs is 1. The molecule has 1 atom stereocenters. The fourth-order valence-corrected chi connectivity index (χ4v) is 2.94. The lowest BCUT2D eigenvalue weighted by atomic mass is 9.91. The SMILES string of the molecule is [2H]c1c([2H])[n+](C)c(-c2cc(C([2H])(C)C([2H])([2H])[2H])cc(C)c2C)c2ccc([N+]#[C-])cc12. The quantitative estimate of drug-likeness (QED) is 0.427. The maximum atomic E-state index is 8.52. The van der Waals surface area contributed by atoms with Crippen molar-refractivity contribution in [3.8, 4) is 11.3 Å². The average Bonchev–Trinajstić information content (AvgIpc) is 2.68.